The van der Waals surface area contributed by atoms with E-state index in [0.29, 0.717) is 0 Å². The smallest absolute Gasteiger partial charge is 0 e. The van der Waals surface area contributed by atoms with Crippen molar-refractivity contribution in [2.24, 2.45) is 5.41 Å². The molecule has 9 heavy (non-hydrogen) atoms. The summed E-state index contributed by atoms with van der Waals surface area (Å²) in [6.45, 7) is 6.38. The van der Waals surface area contributed by atoms with Crippen LogP contribution in [0.5, 0.6) is 0 Å². The van der Waals surface area contributed by atoms with Gasteiger partial charge in [-0.3, -0.25) is 6.08 Å². The molecule has 0 saturated heterocycles. The Hall–Kier alpha value is 0.584. The van der Waals surface area contributed by atoms with Crippen LogP contribution in [0.25, 0.3) is 0 Å². The summed E-state index contributed by atoms with van der Waals surface area (Å²) in [5.74, 6) is 0. The minimum atomic E-state index is 0. The normalized spacial score (nSPS) is 21.0. The van der Waals surface area contributed by atoms with Crippen molar-refractivity contribution in [2.45, 2.75) is 20.8 Å². The summed E-state index contributed by atoms with van der Waals surface area (Å²) in [5.41, 5.74) is 1.46. The van der Waals surface area contributed by atoms with Crippen molar-refractivity contribution in [3.05, 3.63) is 23.8 Å². The molecule has 0 aromatic heterocycles. The van der Waals surface area contributed by atoms with Gasteiger partial charge in [0.2, 0.25) is 0 Å². The van der Waals surface area contributed by atoms with E-state index in [4.69, 9.17) is 0 Å². The third-order valence-electron chi connectivity index (χ3n) is 1.27. The van der Waals surface area contributed by atoms with Crippen LogP contribution in [0.2, 0.25) is 0 Å². The minimum Gasteiger partial charge on any atom is -0.264 e. The molecule has 1 rings (SSSR count). The summed E-state index contributed by atoms with van der Waals surface area (Å²) in [4.78, 5) is 0. The first-order valence-electron chi connectivity index (χ1n) is 2.91. The number of allylic oxidation sites excluding steroid dienone is 4. The molecule has 0 fully saturated rings. The molecule has 1 aliphatic rings. The third kappa shape index (κ3) is 2.77. The molecule has 0 aliphatic heterocycles. The van der Waals surface area contributed by atoms with Gasteiger partial charge in [0, 0.05) is 32.7 Å². The van der Waals surface area contributed by atoms with E-state index in [1.165, 1.54) is 5.57 Å². The molecule has 47 valence electrons. The summed E-state index contributed by atoms with van der Waals surface area (Å²) in [6.07, 6.45) is 7.58. The molecule has 0 nitrogen and oxygen atoms in total. The van der Waals surface area contributed by atoms with Crippen LogP contribution >= 0.6 is 0 Å². The fourth-order valence-corrected chi connectivity index (χ4v) is 0.925. The summed E-state index contributed by atoms with van der Waals surface area (Å²) in [5, 5.41) is 0. The zero-order valence-corrected chi connectivity index (χ0v) is 9.07. The SMILES string of the molecule is CC1=[C-]C(C)(C)C=C1.[Y]. The Kier molecular flexibility index (Phi) is 3.32. The standard InChI is InChI=1S/C8H11.Y/c1-7-4-5-8(2,3)6-7;/h4-5H,1-3H3;/q-1;. The maximum absolute atomic E-state index is 3.30. The van der Waals surface area contributed by atoms with E-state index in [9.17, 15) is 0 Å². The van der Waals surface area contributed by atoms with E-state index >= 15 is 0 Å². The quantitative estimate of drug-likeness (QED) is 0.521. The van der Waals surface area contributed by atoms with Crippen molar-refractivity contribution >= 4 is 0 Å². The van der Waals surface area contributed by atoms with Gasteiger partial charge in [-0.05, 0) is 0 Å². The Morgan fingerprint density at radius 2 is 2.00 bits per heavy atom. The Morgan fingerprint density at radius 3 is 2.11 bits per heavy atom. The molecular weight excluding hydrogens is 185 g/mol. The Labute approximate surface area is 82.3 Å². The molecule has 0 aromatic carbocycles. The molecule has 0 N–H and O–H groups in total. The first-order chi connectivity index (χ1) is 3.60. The van der Waals surface area contributed by atoms with Gasteiger partial charge in [0.05, 0.1) is 0 Å². The van der Waals surface area contributed by atoms with Gasteiger partial charge < -0.3 is 0 Å². The molecule has 0 heterocycles. The molecule has 0 atom stereocenters. The van der Waals surface area contributed by atoms with Gasteiger partial charge in [-0.15, -0.1) is 0 Å². The maximum Gasteiger partial charge on any atom is 0 e. The second kappa shape index (κ2) is 3.12. The first-order valence-corrected chi connectivity index (χ1v) is 2.91. The average molecular weight is 196 g/mol. The van der Waals surface area contributed by atoms with Crippen LogP contribution in [0.15, 0.2) is 17.7 Å². The number of hydrogen-bond acceptors (Lipinski definition) is 0. The second-order valence-electron chi connectivity index (χ2n) is 2.86. The van der Waals surface area contributed by atoms with Crippen molar-refractivity contribution in [1.82, 2.24) is 0 Å². The predicted molar refractivity (Wildman–Crippen MR) is 35.4 cm³/mol. The van der Waals surface area contributed by atoms with Crippen molar-refractivity contribution in [2.75, 3.05) is 0 Å². The van der Waals surface area contributed by atoms with Crippen molar-refractivity contribution in [1.29, 1.82) is 0 Å². The predicted octanol–water partition coefficient (Wildman–Crippen LogP) is 2.33. The minimum absolute atomic E-state index is 0. The Bertz CT molecular complexity index is 152. The van der Waals surface area contributed by atoms with Crippen LogP contribution in [0, 0.1) is 11.5 Å². The van der Waals surface area contributed by atoms with E-state index in [1.54, 1.807) is 0 Å². The van der Waals surface area contributed by atoms with Gasteiger partial charge >= 0.3 is 0 Å². The molecule has 0 saturated carbocycles. The molecule has 1 aliphatic carbocycles. The third-order valence-corrected chi connectivity index (χ3v) is 1.27. The molecule has 0 amide bonds. The molecule has 0 spiro atoms. The molecular formula is C8H11Y-. The van der Waals surface area contributed by atoms with E-state index in [1.807, 2.05) is 0 Å². The summed E-state index contributed by atoms with van der Waals surface area (Å²) in [7, 11) is 0. The zero-order chi connectivity index (χ0) is 6.20. The van der Waals surface area contributed by atoms with Crippen molar-refractivity contribution in [3.63, 3.8) is 0 Å². The van der Waals surface area contributed by atoms with Crippen molar-refractivity contribution in [3.8, 4) is 0 Å². The molecule has 0 bridgehead atoms. The van der Waals surface area contributed by atoms with Crippen LogP contribution in [0.1, 0.15) is 20.8 Å². The van der Waals surface area contributed by atoms with Crippen LogP contribution in [-0.4, -0.2) is 0 Å². The summed E-state index contributed by atoms with van der Waals surface area (Å²) < 4.78 is 0. The van der Waals surface area contributed by atoms with Gasteiger partial charge in [-0.2, -0.15) is 6.08 Å². The fraction of sp³-hybridized carbons (Fsp3) is 0.500. The van der Waals surface area contributed by atoms with Crippen molar-refractivity contribution < 1.29 is 32.7 Å². The average Bonchev–Trinajstić information content (AvgIpc) is 1.82. The van der Waals surface area contributed by atoms with E-state index in [-0.39, 0.29) is 38.1 Å². The summed E-state index contributed by atoms with van der Waals surface area (Å²) in [6, 6.07) is 0. The maximum atomic E-state index is 3.30. The topological polar surface area (TPSA) is 0 Å². The van der Waals surface area contributed by atoms with Crippen LogP contribution in [0.3, 0.4) is 0 Å². The largest absolute Gasteiger partial charge is 0.264 e. The second-order valence-corrected chi connectivity index (χ2v) is 2.86. The van der Waals surface area contributed by atoms with Gasteiger partial charge in [-0.25, -0.2) is 11.6 Å². The zero-order valence-electron chi connectivity index (χ0n) is 6.23. The van der Waals surface area contributed by atoms with Crippen LogP contribution in [0.4, 0.5) is 0 Å². The van der Waals surface area contributed by atoms with E-state index < -0.39 is 0 Å². The monoisotopic (exact) mass is 196 g/mol. The number of hydrogen-bond donors (Lipinski definition) is 0. The Balaban J connectivity index is 0.000000640. The molecule has 0 unspecified atom stereocenters. The van der Waals surface area contributed by atoms with E-state index in [2.05, 4.69) is 39.0 Å². The first kappa shape index (κ1) is 9.58. The molecule has 1 heteroatoms. The van der Waals surface area contributed by atoms with Gasteiger partial charge in [0.25, 0.3) is 0 Å². The van der Waals surface area contributed by atoms with Gasteiger partial charge in [0.15, 0.2) is 0 Å². The molecule has 1 radical (unpaired) electrons. The van der Waals surface area contributed by atoms with Crippen LogP contribution < -0.4 is 0 Å². The van der Waals surface area contributed by atoms with Gasteiger partial charge in [-0.1, -0.05) is 26.2 Å². The van der Waals surface area contributed by atoms with Gasteiger partial charge in [0.1, 0.15) is 0 Å². The molecule has 0 aromatic rings. The number of rotatable bonds is 0. The fourth-order valence-electron chi connectivity index (χ4n) is 0.925. The summed E-state index contributed by atoms with van der Waals surface area (Å²) >= 11 is 0. The Morgan fingerprint density at radius 1 is 1.44 bits per heavy atom. The van der Waals surface area contributed by atoms with Crippen LogP contribution in [-0.2, 0) is 32.7 Å². The van der Waals surface area contributed by atoms with E-state index in [0.717, 1.165) is 0 Å².